The molecular formula is C10H10NO2. The Morgan fingerprint density at radius 1 is 1.54 bits per heavy atom. The van der Waals surface area contributed by atoms with E-state index in [2.05, 4.69) is 11.4 Å². The number of carbonyl (C=O) groups excluding carboxylic acids is 1. The first kappa shape index (κ1) is 8.10. The first-order chi connectivity index (χ1) is 6.08. The average Bonchev–Trinajstić information content (AvgIpc) is 2.02. The molecule has 1 aliphatic rings. The summed E-state index contributed by atoms with van der Waals surface area (Å²) in [6, 6.07) is 7.94. The minimum Gasteiger partial charge on any atom is -0.468 e. The molecule has 1 aromatic carbocycles. The van der Waals surface area contributed by atoms with Gasteiger partial charge in [0.25, 0.3) is 5.91 Å². The molecule has 0 fully saturated rings. The predicted octanol–water partition coefficient (Wildman–Crippen LogP) is 1.35. The van der Waals surface area contributed by atoms with Gasteiger partial charge < -0.3 is 10.1 Å². The van der Waals surface area contributed by atoms with E-state index in [1.807, 2.05) is 13.8 Å². The van der Waals surface area contributed by atoms with Gasteiger partial charge in [0.1, 0.15) is 5.75 Å². The molecule has 0 saturated carbocycles. The van der Waals surface area contributed by atoms with E-state index < -0.39 is 5.72 Å². The van der Waals surface area contributed by atoms with Crippen LogP contribution in [-0.2, 0) is 0 Å². The van der Waals surface area contributed by atoms with Crippen LogP contribution in [0.4, 0.5) is 0 Å². The lowest BCUT2D eigenvalue weighted by molar-refractivity contribution is 0.0433. The number of carbonyl (C=O) groups is 1. The molecule has 0 aromatic heterocycles. The number of hydrogen-bond donors (Lipinski definition) is 1. The largest absolute Gasteiger partial charge is 0.468 e. The summed E-state index contributed by atoms with van der Waals surface area (Å²) in [6.07, 6.45) is 0. The molecule has 0 saturated heterocycles. The molecule has 0 unspecified atom stereocenters. The summed E-state index contributed by atoms with van der Waals surface area (Å²) in [5, 5.41) is 2.73. The molecule has 1 amide bonds. The zero-order valence-electron chi connectivity index (χ0n) is 7.55. The van der Waals surface area contributed by atoms with Crippen molar-refractivity contribution < 1.29 is 9.53 Å². The van der Waals surface area contributed by atoms with Gasteiger partial charge in [-0.1, -0.05) is 6.07 Å². The highest BCUT2D eigenvalue weighted by Gasteiger charge is 2.30. The topological polar surface area (TPSA) is 38.3 Å². The minimum atomic E-state index is -0.620. The molecule has 67 valence electrons. The molecule has 3 nitrogen and oxygen atoms in total. The van der Waals surface area contributed by atoms with Crippen molar-refractivity contribution in [3.63, 3.8) is 0 Å². The lowest BCUT2D eigenvalue weighted by Gasteiger charge is -2.32. The van der Waals surface area contributed by atoms with Crippen molar-refractivity contribution in [1.82, 2.24) is 5.32 Å². The van der Waals surface area contributed by atoms with Crippen LogP contribution in [0.3, 0.4) is 0 Å². The number of fused-ring (bicyclic) bond motifs is 1. The Labute approximate surface area is 76.7 Å². The number of nitrogens with one attached hydrogen (secondary N) is 1. The van der Waals surface area contributed by atoms with Gasteiger partial charge in [-0.25, -0.2) is 0 Å². The fraction of sp³-hybridized carbons (Fsp3) is 0.300. The van der Waals surface area contributed by atoms with E-state index in [1.165, 1.54) is 0 Å². The van der Waals surface area contributed by atoms with Crippen LogP contribution in [0.5, 0.6) is 5.75 Å². The van der Waals surface area contributed by atoms with Crippen molar-refractivity contribution in [3.8, 4) is 5.75 Å². The summed E-state index contributed by atoms with van der Waals surface area (Å²) < 4.78 is 5.54. The van der Waals surface area contributed by atoms with Crippen molar-refractivity contribution in [2.75, 3.05) is 0 Å². The van der Waals surface area contributed by atoms with Gasteiger partial charge in [-0.15, -0.1) is 0 Å². The smallest absolute Gasteiger partial charge is 0.258 e. The Kier molecular flexibility index (Phi) is 1.55. The summed E-state index contributed by atoms with van der Waals surface area (Å²) in [5.74, 6) is 0.510. The molecule has 3 heteroatoms. The number of benzene rings is 1. The van der Waals surface area contributed by atoms with Gasteiger partial charge in [0.2, 0.25) is 0 Å². The first-order valence-electron chi connectivity index (χ1n) is 4.10. The summed E-state index contributed by atoms with van der Waals surface area (Å²) in [5.41, 5.74) is -0.0762. The van der Waals surface area contributed by atoms with Gasteiger partial charge in [0.05, 0.1) is 5.56 Å². The van der Waals surface area contributed by atoms with E-state index in [0.29, 0.717) is 11.3 Å². The summed E-state index contributed by atoms with van der Waals surface area (Å²) in [4.78, 5) is 11.5. The van der Waals surface area contributed by atoms with Gasteiger partial charge in [-0.3, -0.25) is 4.79 Å². The minimum absolute atomic E-state index is 0.108. The Bertz CT molecular complexity index is 358. The highest BCUT2D eigenvalue weighted by Crippen LogP contribution is 2.26. The molecule has 2 rings (SSSR count). The van der Waals surface area contributed by atoms with Crippen LogP contribution in [0.25, 0.3) is 0 Å². The van der Waals surface area contributed by atoms with E-state index in [1.54, 1.807) is 18.2 Å². The van der Waals surface area contributed by atoms with E-state index in [4.69, 9.17) is 4.74 Å². The Morgan fingerprint density at radius 3 is 3.08 bits per heavy atom. The maximum absolute atomic E-state index is 11.5. The molecule has 1 aromatic rings. The highest BCUT2D eigenvalue weighted by atomic mass is 16.5. The van der Waals surface area contributed by atoms with Crippen LogP contribution in [-0.4, -0.2) is 11.6 Å². The maximum Gasteiger partial charge on any atom is 0.258 e. The second kappa shape index (κ2) is 2.49. The molecule has 13 heavy (non-hydrogen) atoms. The molecule has 1 aliphatic heterocycles. The SMILES string of the molecule is CC1(C)NC(=O)c2c[c]ccc2O1. The maximum atomic E-state index is 11.5. The fourth-order valence-corrected chi connectivity index (χ4v) is 1.32. The van der Waals surface area contributed by atoms with Crippen LogP contribution in [0.2, 0.25) is 0 Å². The van der Waals surface area contributed by atoms with Crippen molar-refractivity contribution in [2.24, 2.45) is 0 Å². The Morgan fingerprint density at radius 2 is 2.31 bits per heavy atom. The number of hydrogen-bond acceptors (Lipinski definition) is 2. The summed E-state index contributed by atoms with van der Waals surface area (Å²) in [7, 11) is 0. The van der Waals surface area contributed by atoms with Crippen LogP contribution < -0.4 is 10.1 Å². The van der Waals surface area contributed by atoms with Gasteiger partial charge in [-0.2, -0.15) is 0 Å². The second-order valence-electron chi connectivity index (χ2n) is 3.49. The van der Waals surface area contributed by atoms with Crippen LogP contribution >= 0.6 is 0 Å². The molecule has 0 atom stereocenters. The summed E-state index contributed by atoms with van der Waals surface area (Å²) in [6.45, 7) is 3.62. The zero-order valence-corrected chi connectivity index (χ0v) is 7.55. The molecule has 1 radical (unpaired) electrons. The van der Waals surface area contributed by atoms with Crippen LogP contribution in [0.1, 0.15) is 24.2 Å². The lowest BCUT2D eigenvalue weighted by atomic mass is 10.1. The normalized spacial score (nSPS) is 18.5. The molecule has 0 bridgehead atoms. The third-order valence-corrected chi connectivity index (χ3v) is 1.85. The zero-order chi connectivity index (χ0) is 9.47. The molecule has 1 heterocycles. The number of amides is 1. The molecule has 0 spiro atoms. The van der Waals surface area contributed by atoms with E-state index in [0.717, 1.165) is 0 Å². The Hall–Kier alpha value is -1.51. The van der Waals surface area contributed by atoms with E-state index in [9.17, 15) is 4.79 Å². The van der Waals surface area contributed by atoms with Gasteiger partial charge >= 0.3 is 0 Å². The van der Waals surface area contributed by atoms with E-state index in [-0.39, 0.29) is 5.91 Å². The summed E-state index contributed by atoms with van der Waals surface area (Å²) >= 11 is 0. The molecule has 1 N–H and O–H groups in total. The van der Waals surface area contributed by atoms with Crippen molar-refractivity contribution in [1.29, 1.82) is 0 Å². The molecular weight excluding hydrogens is 166 g/mol. The second-order valence-corrected chi connectivity index (χ2v) is 3.49. The molecule has 0 aliphatic carbocycles. The van der Waals surface area contributed by atoms with Crippen molar-refractivity contribution in [3.05, 3.63) is 29.8 Å². The number of rotatable bonds is 0. The third-order valence-electron chi connectivity index (χ3n) is 1.85. The van der Waals surface area contributed by atoms with Gasteiger partial charge in [-0.05, 0) is 32.0 Å². The van der Waals surface area contributed by atoms with Gasteiger partial charge in [0.15, 0.2) is 5.72 Å². The quantitative estimate of drug-likeness (QED) is 0.647. The first-order valence-corrected chi connectivity index (χ1v) is 4.10. The van der Waals surface area contributed by atoms with Crippen LogP contribution in [0.15, 0.2) is 18.2 Å². The monoisotopic (exact) mass is 176 g/mol. The fourth-order valence-electron chi connectivity index (χ4n) is 1.32. The predicted molar refractivity (Wildman–Crippen MR) is 47.5 cm³/mol. The standard InChI is InChI=1S/C10H10NO2/c1-10(2)11-9(12)7-5-3-4-6-8(7)13-10/h4-6H,1-2H3,(H,11,12). The highest BCUT2D eigenvalue weighted by molar-refractivity contribution is 5.98. The third kappa shape index (κ3) is 1.37. The van der Waals surface area contributed by atoms with E-state index >= 15 is 0 Å². The lowest BCUT2D eigenvalue weighted by Crippen LogP contribution is -2.51. The average molecular weight is 176 g/mol. The van der Waals surface area contributed by atoms with Gasteiger partial charge in [0, 0.05) is 0 Å². The van der Waals surface area contributed by atoms with Crippen molar-refractivity contribution >= 4 is 5.91 Å². The number of ether oxygens (including phenoxy) is 1. The van der Waals surface area contributed by atoms with Crippen molar-refractivity contribution in [2.45, 2.75) is 19.6 Å². The van der Waals surface area contributed by atoms with Crippen LogP contribution in [0, 0.1) is 6.07 Å². The Balaban J connectivity index is 2.49.